The van der Waals surface area contributed by atoms with Gasteiger partial charge in [0.15, 0.2) is 17.4 Å². The largest absolute Gasteiger partial charge is 0.458 e. The highest BCUT2D eigenvalue weighted by Gasteiger charge is 2.23. The minimum Gasteiger partial charge on any atom is -0.458 e. The number of carbonyl (C=O) groups is 1. The first-order valence-electron chi connectivity index (χ1n) is 10.0. The predicted octanol–water partition coefficient (Wildman–Crippen LogP) is 2.32. The lowest BCUT2D eigenvalue weighted by Gasteiger charge is -2.25. The van der Waals surface area contributed by atoms with Crippen LogP contribution in [0.15, 0.2) is 28.7 Å². The van der Waals surface area contributed by atoms with Crippen molar-refractivity contribution in [1.29, 1.82) is 0 Å². The predicted molar refractivity (Wildman–Crippen MR) is 111 cm³/mol. The van der Waals surface area contributed by atoms with Crippen LogP contribution < -0.4 is 10.6 Å². The molecule has 0 unspecified atom stereocenters. The summed E-state index contributed by atoms with van der Waals surface area (Å²) in [6.07, 6.45) is 1.98. The topological polar surface area (TPSA) is 112 Å². The van der Waals surface area contributed by atoms with Gasteiger partial charge in [0.05, 0.1) is 18.3 Å². The van der Waals surface area contributed by atoms with E-state index in [9.17, 15) is 4.79 Å². The SMILES string of the molecule is Cc1cc(C)n(-c2cc(N(CC(N)=O)C[C@@H]3CCCO3)nc(-c3ccc(C)o3)n2)n1. The molecule has 30 heavy (non-hydrogen) atoms. The Bertz CT molecular complexity index is 1050. The number of furan rings is 1. The molecular weight excluding hydrogens is 384 g/mol. The van der Waals surface area contributed by atoms with Crippen molar-refractivity contribution in [2.75, 3.05) is 24.6 Å². The summed E-state index contributed by atoms with van der Waals surface area (Å²) in [5, 5.41) is 4.55. The number of primary amides is 1. The van der Waals surface area contributed by atoms with Crippen molar-refractivity contribution in [3.8, 4) is 17.4 Å². The van der Waals surface area contributed by atoms with Gasteiger partial charge in [-0.2, -0.15) is 5.10 Å². The minimum atomic E-state index is -0.435. The maximum absolute atomic E-state index is 11.8. The molecule has 9 heteroatoms. The number of rotatable bonds is 7. The molecule has 1 amide bonds. The molecule has 0 radical (unpaired) electrons. The Hall–Kier alpha value is -3.20. The molecule has 0 aromatic carbocycles. The van der Waals surface area contributed by atoms with Crippen molar-refractivity contribution in [2.45, 2.75) is 39.7 Å². The number of hydrogen-bond acceptors (Lipinski definition) is 7. The van der Waals surface area contributed by atoms with E-state index in [-0.39, 0.29) is 12.6 Å². The first-order valence-corrected chi connectivity index (χ1v) is 10.0. The van der Waals surface area contributed by atoms with Crippen LogP contribution in [0.2, 0.25) is 0 Å². The first-order chi connectivity index (χ1) is 14.4. The second kappa shape index (κ2) is 8.27. The van der Waals surface area contributed by atoms with Crippen molar-refractivity contribution in [3.05, 3.63) is 41.4 Å². The molecule has 1 aliphatic heterocycles. The Morgan fingerprint density at radius 2 is 2.10 bits per heavy atom. The maximum atomic E-state index is 11.8. The molecule has 1 aliphatic rings. The van der Waals surface area contributed by atoms with Crippen molar-refractivity contribution in [1.82, 2.24) is 19.7 Å². The van der Waals surface area contributed by atoms with Crippen LogP contribution in [0.3, 0.4) is 0 Å². The average Bonchev–Trinajstić information content (AvgIpc) is 3.42. The number of ether oxygens (including phenoxy) is 1. The second-order valence-electron chi connectivity index (χ2n) is 7.64. The van der Waals surface area contributed by atoms with Gasteiger partial charge in [0.1, 0.15) is 11.6 Å². The van der Waals surface area contributed by atoms with E-state index in [4.69, 9.17) is 19.9 Å². The molecule has 0 spiro atoms. The molecule has 0 saturated carbocycles. The van der Waals surface area contributed by atoms with Gasteiger partial charge in [-0.15, -0.1) is 0 Å². The molecule has 1 atom stereocenters. The van der Waals surface area contributed by atoms with Crippen LogP contribution in [-0.4, -0.2) is 51.5 Å². The summed E-state index contributed by atoms with van der Waals surface area (Å²) in [7, 11) is 0. The second-order valence-corrected chi connectivity index (χ2v) is 7.64. The Morgan fingerprint density at radius 3 is 2.70 bits per heavy atom. The zero-order valence-corrected chi connectivity index (χ0v) is 17.5. The summed E-state index contributed by atoms with van der Waals surface area (Å²) in [6, 6.07) is 7.49. The highest BCUT2D eigenvalue weighted by molar-refractivity contribution is 5.79. The van der Waals surface area contributed by atoms with Crippen LogP contribution in [0.25, 0.3) is 17.4 Å². The smallest absolute Gasteiger partial charge is 0.237 e. The number of nitrogens with two attached hydrogens (primary N) is 1. The van der Waals surface area contributed by atoms with Crippen LogP contribution in [0.5, 0.6) is 0 Å². The molecule has 2 N–H and O–H groups in total. The van der Waals surface area contributed by atoms with Gasteiger partial charge in [-0.1, -0.05) is 0 Å². The maximum Gasteiger partial charge on any atom is 0.237 e. The van der Waals surface area contributed by atoms with Gasteiger partial charge in [0.25, 0.3) is 0 Å². The third-order valence-corrected chi connectivity index (χ3v) is 5.01. The minimum absolute atomic E-state index is 0.0318. The molecular formula is C21H26N6O3. The van der Waals surface area contributed by atoms with Crippen molar-refractivity contribution in [3.63, 3.8) is 0 Å². The van der Waals surface area contributed by atoms with E-state index in [2.05, 4.69) is 10.1 Å². The van der Waals surface area contributed by atoms with Crippen LogP contribution in [0, 0.1) is 20.8 Å². The van der Waals surface area contributed by atoms with Gasteiger partial charge in [-0.25, -0.2) is 14.6 Å². The number of nitrogens with zero attached hydrogens (tertiary/aromatic N) is 5. The molecule has 0 bridgehead atoms. The van der Waals surface area contributed by atoms with Crippen molar-refractivity contribution in [2.24, 2.45) is 5.73 Å². The molecule has 3 aromatic rings. The number of aryl methyl sites for hydroxylation is 3. The lowest BCUT2D eigenvalue weighted by molar-refractivity contribution is -0.116. The first kappa shape index (κ1) is 20.1. The summed E-state index contributed by atoms with van der Waals surface area (Å²) in [5.74, 6) is 2.47. The zero-order valence-electron chi connectivity index (χ0n) is 17.5. The van der Waals surface area contributed by atoms with E-state index >= 15 is 0 Å². The van der Waals surface area contributed by atoms with E-state index in [1.165, 1.54) is 0 Å². The van der Waals surface area contributed by atoms with Gasteiger partial charge < -0.3 is 19.8 Å². The van der Waals surface area contributed by atoms with Crippen molar-refractivity contribution < 1.29 is 13.9 Å². The molecule has 3 aromatic heterocycles. The number of aromatic nitrogens is 4. The van der Waals surface area contributed by atoms with Crippen LogP contribution in [0.1, 0.15) is 30.0 Å². The molecule has 0 aliphatic carbocycles. The fourth-order valence-corrected chi connectivity index (χ4v) is 3.68. The standard InChI is InChI=1S/C21H26N6O3/c1-13-9-14(2)27(25-13)20-10-19(23-21(24-20)17-7-6-15(3)30-17)26(12-18(22)28)11-16-5-4-8-29-16/h6-7,9-10,16H,4-5,8,11-12H2,1-3H3,(H2,22,28)/t16-/m0/s1. The third kappa shape index (κ3) is 4.35. The fraction of sp³-hybridized carbons (Fsp3) is 0.429. The summed E-state index contributed by atoms with van der Waals surface area (Å²) in [5.41, 5.74) is 7.36. The van der Waals surface area contributed by atoms with Crippen LogP contribution in [-0.2, 0) is 9.53 Å². The molecule has 9 nitrogen and oxygen atoms in total. The van der Waals surface area contributed by atoms with E-state index < -0.39 is 5.91 Å². The number of carbonyl (C=O) groups excluding carboxylic acids is 1. The summed E-state index contributed by atoms with van der Waals surface area (Å²) in [4.78, 5) is 23.0. The van der Waals surface area contributed by atoms with Gasteiger partial charge >= 0.3 is 0 Å². The highest BCUT2D eigenvalue weighted by Crippen LogP contribution is 2.25. The van der Waals surface area contributed by atoms with E-state index in [1.807, 2.05) is 49.9 Å². The molecule has 1 fully saturated rings. The molecule has 4 heterocycles. The Balaban J connectivity index is 1.80. The molecule has 4 rings (SSSR count). The Morgan fingerprint density at radius 1 is 1.27 bits per heavy atom. The number of amides is 1. The summed E-state index contributed by atoms with van der Waals surface area (Å²) < 4.78 is 13.3. The van der Waals surface area contributed by atoms with Gasteiger partial charge in [0, 0.05) is 24.9 Å². The van der Waals surface area contributed by atoms with Gasteiger partial charge in [-0.3, -0.25) is 4.79 Å². The van der Waals surface area contributed by atoms with Crippen molar-refractivity contribution >= 4 is 11.7 Å². The lowest BCUT2D eigenvalue weighted by Crippen LogP contribution is -2.39. The highest BCUT2D eigenvalue weighted by atomic mass is 16.5. The quantitative estimate of drug-likeness (QED) is 0.636. The Labute approximate surface area is 174 Å². The summed E-state index contributed by atoms with van der Waals surface area (Å²) >= 11 is 0. The lowest BCUT2D eigenvalue weighted by atomic mass is 10.2. The number of anilines is 1. The van der Waals surface area contributed by atoms with Gasteiger partial charge in [-0.05, 0) is 51.8 Å². The molecule has 1 saturated heterocycles. The third-order valence-electron chi connectivity index (χ3n) is 5.01. The zero-order chi connectivity index (χ0) is 21.3. The average molecular weight is 410 g/mol. The Kier molecular flexibility index (Phi) is 5.54. The van der Waals surface area contributed by atoms with Crippen LogP contribution in [0.4, 0.5) is 5.82 Å². The monoisotopic (exact) mass is 410 g/mol. The summed E-state index contributed by atoms with van der Waals surface area (Å²) in [6.45, 7) is 7.04. The van der Waals surface area contributed by atoms with Gasteiger partial charge in [0.2, 0.25) is 5.91 Å². The van der Waals surface area contributed by atoms with E-state index in [0.717, 1.165) is 36.6 Å². The van der Waals surface area contributed by atoms with E-state index in [0.29, 0.717) is 29.8 Å². The fourth-order valence-electron chi connectivity index (χ4n) is 3.68. The number of hydrogen-bond donors (Lipinski definition) is 1. The molecule has 158 valence electrons. The van der Waals surface area contributed by atoms with E-state index in [1.54, 1.807) is 4.68 Å². The normalized spacial score (nSPS) is 16.2. The van der Waals surface area contributed by atoms with Crippen LogP contribution >= 0.6 is 0 Å².